The molecule has 4 nitrogen and oxygen atoms in total. The molecule has 0 bridgehead atoms. The van der Waals surface area contributed by atoms with Gasteiger partial charge in [-0.05, 0) is 44.3 Å². The first-order valence-electron chi connectivity index (χ1n) is 6.44. The number of rotatable bonds is 3. The van der Waals surface area contributed by atoms with E-state index in [0.717, 1.165) is 24.6 Å². The third kappa shape index (κ3) is 1.85. The minimum atomic E-state index is 0.343. The van der Waals surface area contributed by atoms with Crippen molar-refractivity contribution in [1.82, 2.24) is 10.2 Å². The van der Waals surface area contributed by atoms with Crippen LogP contribution in [-0.4, -0.2) is 38.9 Å². The Kier molecular flexibility index (Phi) is 2.92. The van der Waals surface area contributed by atoms with Gasteiger partial charge in [0.05, 0.1) is 0 Å². The van der Waals surface area contributed by atoms with Gasteiger partial charge in [-0.2, -0.15) is 0 Å². The van der Waals surface area contributed by atoms with Crippen molar-refractivity contribution in [3.63, 3.8) is 0 Å². The van der Waals surface area contributed by atoms with Crippen LogP contribution in [0.4, 0.5) is 0 Å². The average molecular weight is 248 g/mol. The first kappa shape index (κ1) is 11.8. The predicted octanol–water partition coefficient (Wildman–Crippen LogP) is 1.55. The quantitative estimate of drug-likeness (QED) is 0.880. The molecule has 2 aliphatic heterocycles. The summed E-state index contributed by atoms with van der Waals surface area (Å²) in [5.41, 5.74) is 2.64. The summed E-state index contributed by atoms with van der Waals surface area (Å²) in [6, 6.07) is 4.70. The molecule has 0 aliphatic carbocycles. The second-order valence-corrected chi connectivity index (χ2v) is 5.39. The van der Waals surface area contributed by atoms with E-state index in [1.807, 2.05) is 0 Å². The molecule has 1 atom stereocenters. The highest BCUT2D eigenvalue weighted by atomic mass is 16.7. The molecular formula is C14H20N2O2. The van der Waals surface area contributed by atoms with Crippen LogP contribution in [0, 0.1) is 12.8 Å². The van der Waals surface area contributed by atoms with Crippen LogP contribution in [0.3, 0.4) is 0 Å². The van der Waals surface area contributed by atoms with E-state index in [4.69, 9.17) is 9.47 Å². The first-order valence-corrected chi connectivity index (χ1v) is 6.44. The second kappa shape index (κ2) is 4.44. The molecule has 0 spiro atoms. The molecule has 4 heteroatoms. The maximum absolute atomic E-state index is 5.50. The Hall–Kier alpha value is -1.26. The minimum Gasteiger partial charge on any atom is -0.454 e. The summed E-state index contributed by atoms with van der Waals surface area (Å²) < 4.78 is 10.9. The third-order valence-electron chi connectivity index (χ3n) is 3.90. The molecule has 0 radical (unpaired) electrons. The van der Waals surface area contributed by atoms with Gasteiger partial charge in [0.25, 0.3) is 0 Å². The zero-order valence-corrected chi connectivity index (χ0v) is 11.2. The van der Waals surface area contributed by atoms with Crippen LogP contribution >= 0.6 is 0 Å². The van der Waals surface area contributed by atoms with Crippen molar-refractivity contribution >= 4 is 0 Å². The molecule has 0 aromatic heterocycles. The van der Waals surface area contributed by atoms with Crippen molar-refractivity contribution in [2.75, 3.05) is 34.0 Å². The smallest absolute Gasteiger partial charge is 0.231 e. The molecular weight excluding hydrogens is 228 g/mol. The highest BCUT2D eigenvalue weighted by Crippen LogP contribution is 2.40. The van der Waals surface area contributed by atoms with E-state index < -0.39 is 0 Å². The molecule has 0 amide bonds. The molecule has 98 valence electrons. The molecule has 0 saturated carbocycles. The SMILES string of the molecule is Cc1cc2c(cc1C(C1CNC1)N(C)C)OCO2. The normalized spacial score (nSPS) is 20.0. The molecule has 2 heterocycles. The fourth-order valence-electron chi connectivity index (χ4n) is 2.87. The van der Waals surface area contributed by atoms with E-state index in [9.17, 15) is 0 Å². The van der Waals surface area contributed by atoms with E-state index in [0.29, 0.717) is 18.8 Å². The Labute approximate surface area is 108 Å². The molecule has 1 fully saturated rings. The summed E-state index contributed by atoms with van der Waals surface area (Å²) in [6.45, 7) is 4.68. The maximum atomic E-state index is 5.50. The topological polar surface area (TPSA) is 33.7 Å². The second-order valence-electron chi connectivity index (χ2n) is 5.39. The maximum Gasteiger partial charge on any atom is 0.231 e. The van der Waals surface area contributed by atoms with Gasteiger partial charge in [0, 0.05) is 25.0 Å². The molecule has 3 rings (SSSR count). The van der Waals surface area contributed by atoms with Crippen molar-refractivity contribution < 1.29 is 9.47 Å². The van der Waals surface area contributed by atoms with E-state index in [1.54, 1.807) is 0 Å². The van der Waals surface area contributed by atoms with Crippen molar-refractivity contribution in [2.45, 2.75) is 13.0 Å². The summed E-state index contributed by atoms with van der Waals surface area (Å²) >= 11 is 0. The van der Waals surface area contributed by atoms with Crippen molar-refractivity contribution in [1.29, 1.82) is 0 Å². The van der Waals surface area contributed by atoms with Gasteiger partial charge in [-0.1, -0.05) is 0 Å². The van der Waals surface area contributed by atoms with Crippen LogP contribution < -0.4 is 14.8 Å². The van der Waals surface area contributed by atoms with E-state index in [-0.39, 0.29) is 0 Å². The van der Waals surface area contributed by atoms with Crippen LogP contribution in [0.15, 0.2) is 12.1 Å². The number of nitrogens with one attached hydrogen (secondary N) is 1. The summed E-state index contributed by atoms with van der Waals surface area (Å²) in [6.07, 6.45) is 0. The Bertz CT molecular complexity index is 455. The monoisotopic (exact) mass is 248 g/mol. The Morgan fingerprint density at radius 2 is 1.89 bits per heavy atom. The lowest BCUT2D eigenvalue weighted by Crippen LogP contribution is -2.48. The van der Waals surface area contributed by atoms with Gasteiger partial charge in [0.2, 0.25) is 6.79 Å². The number of hydrogen-bond donors (Lipinski definition) is 1. The summed E-state index contributed by atoms with van der Waals surface area (Å²) in [7, 11) is 4.29. The summed E-state index contributed by atoms with van der Waals surface area (Å²) in [5, 5.41) is 3.36. The third-order valence-corrected chi connectivity index (χ3v) is 3.90. The van der Waals surface area contributed by atoms with Crippen molar-refractivity contribution in [3.8, 4) is 11.5 Å². The molecule has 2 aliphatic rings. The van der Waals surface area contributed by atoms with Gasteiger partial charge in [0.1, 0.15) is 0 Å². The number of aryl methyl sites for hydroxylation is 1. The van der Waals surface area contributed by atoms with Gasteiger partial charge in [-0.3, -0.25) is 0 Å². The minimum absolute atomic E-state index is 0.343. The van der Waals surface area contributed by atoms with Gasteiger partial charge in [-0.15, -0.1) is 0 Å². The number of fused-ring (bicyclic) bond motifs is 1. The number of hydrogen-bond acceptors (Lipinski definition) is 4. The average Bonchev–Trinajstić information content (AvgIpc) is 2.68. The van der Waals surface area contributed by atoms with Crippen LogP contribution in [0.5, 0.6) is 11.5 Å². The lowest BCUT2D eigenvalue weighted by Gasteiger charge is -2.39. The Balaban J connectivity index is 1.98. The van der Waals surface area contributed by atoms with Crippen molar-refractivity contribution in [2.24, 2.45) is 5.92 Å². The Morgan fingerprint density at radius 3 is 2.44 bits per heavy atom. The molecule has 18 heavy (non-hydrogen) atoms. The van der Waals surface area contributed by atoms with Gasteiger partial charge < -0.3 is 19.7 Å². The number of ether oxygens (including phenoxy) is 2. The fourth-order valence-corrected chi connectivity index (χ4v) is 2.87. The fraction of sp³-hybridized carbons (Fsp3) is 0.571. The molecule has 1 saturated heterocycles. The van der Waals surface area contributed by atoms with E-state index >= 15 is 0 Å². The van der Waals surface area contributed by atoms with Crippen LogP contribution in [0.1, 0.15) is 17.2 Å². The zero-order chi connectivity index (χ0) is 12.7. The molecule has 1 aromatic rings. The Morgan fingerprint density at radius 1 is 1.22 bits per heavy atom. The van der Waals surface area contributed by atoms with E-state index in [1.165, 1.54) is 11.1 Å². The van der Waals surface area contributed by atoms with Gasteiger partial charge >= 0.3 is 0 Å². The summed E-state index contributed by atoms with van der Waals surface area (Å²) in [4.78, 5) is 2.30. The standard InChI is InChI=1S/C14H20N2O2/c1-9-4-12-13(18-8-17-12)5-11(9)14(16(2)3)10-6-15-7-10/h4-5,10,14-15H,6-8H2,1-3H3. The van der Waals surface area contributed by atoms with E-state index in [2.05, 4.69) is 43.4 Å². The highest BCUT2D eigenvalue weighted by Gasteiger charge is 2.32. The van der Waals surface area contributed by atoms with Crippen molar-refractivity contribution in [3.05, 3.63) is 23.3 Å². The lowest BCUT2D eigenvalue weighted by atomic mass is 9.85. The number of nitrogens with zero attached hydrogens (tertiary/aromatic N) is 1. The lowest BCUT2D eigenvalue weighted by molar-refractivity contribution is 0.159. The van der Waals surface area contributed by atoms with Gasteiger partial charge in [0.15, 0.2) is 11.5 Å². The van der Waals surface area contributed by atoms with Crippen LogP contribution in [-0.2, 0) is 0 Å². The largest absolute Gasteiger partial charge is 0.454 e. The number of benzene rings is 1. The summed E-state index contributed by atoms with van der Waals surface area (Å²) in [5.74, 6) is 2.44. The zero-order valence-electron chi connectivity index (χ0n) is 11.2. The molecule has 1 aromatic carbocycles. The molecule has 1 N–H and O–H groups in total. The van der Waals surface area contributed by atoms with Gasteiger partial charge in [-0.25, -0.2) is 0 Å². The predicted molar refractivity (Wildman–Crippen MR) is 70.1 cm³/mol. The van der Waals surface area contributed by atoms with Crippen LogP contribution in [0.2, 0.25) is 0 Å². The first-order chi connectivity index (χ1) is 8.66. The molecule has 1 unspecified atom stereocenters. The highest BCUT2D eigenvalue weighted by molar-refractivity contribution is 5.49. The van der Waals surface area contributed by atoms with Crippen LogP contribution in [0.25, 0.3) is 0 Å².